The van der Waals surface area contributed by atoms with Gasteiger partial charge in [-0.05, 0) is 42.5 Å². The third kappa shape index (κ3) is 9.25. The van der Waals surface area contributed by atoms with Gasteiger partial charge in [-0.25, -0.2) is 0 Å². The van der Waals surface area contributed by atoms with Gasteiger partial charge in [0.15, 0.2) is 0 Å². The molecule has 0 aliphatic rings. The topological polar surface area (TPSA) is 37.3 Å². The molecule has 25 heavy (non-hydrogen) atoms. The van der Waals surface area contributed by atoms with Crippen LogP contribution in [0.4, 0.5) is 0 Å². The summed E-state index contributed by atoms with van der Waals surface area (Å²) < 4.78 is 0. The maximum atomic E-state index is 11.3. The van der Waals surface area contributed by atoms with Gasteiger partial charge in [-0.2, -0.15) is 0 Å². The van der Waals surface area contributed by atoms with Crippen molar-refractivity contribution in [3.63, 3.8) is 0 Å². The highest BCUT2D eigenvalue weighted by atomic mass is 16.3. The highest BCUT2D eigenvalue weighted by Crippen LogP contribution is 2.26. The maximum Gasteiger partial charge on any atom is 0.210 e. The van der Waals surface area contributed by atoms with Gasteiger partial charge in [0.1, 0.15) is 0 Å². The van der Waals surface area contributed by atoms with E-state index in [1.165, 1.54) is 6.42 Å². The van der Waals surface area contributed by atoms with Gasteiger partial charge in [-0.1, -0.05) is 84.7 Å². The van der Waals surface area contributed by atoms with Crippen molar-refractivity contribution < 1.29 is 9.90 Å². The standard InChI is InChI=1S/C15H22BO2.C7H16/c1-5-14(18)12-7-6-8-13(9-12)15(10(2)3)16-11(4)17;1-5-7(4)6(2)3/h6-10,14-15,18H,5H2,1-4H3;6-7H,5H2,1-4H3. The second kappa shape index (κ2) is 12.3. The molecule has 1 rings (SSSR count). The molecule has 1 radical (unpaired) electrons. The fraction of sp³-hybridized carbons (Fsp3) is 0.682. The third-order valence-electron chi connectivity index (χ3n) is 4.98. The molecule has 141 valence electrons. The summed E-state index contributed by atoms with van der Waals surface area (Å²) in [6.45, 7) is 16.8. The van der Waals surface area contributed by atoms with E-state index in [9.17, 15) is 9.90 Å². The number of carbonyl (C=O) groups is 1. The van der Waals surface area contributed by atoms with Gasteiger partial charge in [0.25, 0.3) is 0 Å². The Kier molecular flexibility index (Phi) is 11.8. The zero-order valence-corrected chi connectivity index (χ0v) is 17.5. The van der Waals surface area contributed by atoms with E-state index in [-0.39, 0.29) is 11.5 Å². The fourth-order valence-corrected chi connectivity index (χ4v) is 2.61. The molecular weight excluding hydrogens is 307 g/mol. The van der Waals surface area contributed by atoms with Crippen LogP contribution < -0.4 is 0 Å². The van der Waals surface area contributed by atoms with Crippen LogP contribution in [0.15, 0.2) is 24.3 Å². The Bertz CT molecular complexity index is 497. The average Bonchev–Trinajstić information content (AvgIpc) is 2.58. The first-order chi connectivity index (χ1) is 11.6. The number of carbonyl (C=O) groups excluding carboxylic acids is 1. The predicted molar refractivity (Wildman–Crippen MR) is 110 cm³/mol. The lowest BCUT2D eigenvalue weighted by Crippen LogP contribution is -2.20. The number of aliphatic hydroxyl groups is 1. The van der Waals surface area contributed by atoms with Crippen molar-refractivity contribution in [2.24, 2.45) is 17.8 Å². The minimum absolute atomic E-state index is 0.0927. The molecule has 0 amide bonds. The molecule has 1 aromatic carbocycles. The van der Waals surface area contributed by atoms with Crippen LogP contribution in [0.1, 0.15) is 91.3 Å². The zero-order chi connectivity index (χ0) is 19.6. The minimum Gasteiger partial charge on any atom is -0.388 e. The average molecular weight is 345 g/mol. The lowest BCUT2D eigenvalue weighted by atomic mass is 9.55. The number of aliphatic hydroxyl groups excluding tert-OH is 1. The predicted octanol–water partition coefficient (Wildman–Crippen LogP) is 5.77. The molecule has 2 nitrogen and oxygen atoms in total. The largest absolute Gasteiger partial charge is 0.388 e. The quantitative estimate of drug-likeness (QED) is 0.608. The molecule has 0 aliphatic carbocycles. The highest BCUT2D eigenvalue weighted by Gasteiger charge is 2.20. The Morgan fingerprint density at radius 2 is 1.56 bits per heavy atom. The van der Waals surface area contributed by atoms with E-state index >= 15 is 0 Å². The first-order valence-electron chi connectivity index (χ1n) is 9.77. The summed E-state index contributed by atoms with van der Waals surface area (Å²) in [6.07, 6.45) is 1.60. The van der Waals surface area contributed by atoms with E-state index in [4.69, 9.17) is 0 Å². The van der Waals surface area contributed by atoms with Crippen molar-refractivity contribution in [2.45, 2.75) is 80.2 Å². The highest BCUT2D eigenvalue weighted by molar-refractivity contribution is 6.74. The fourth-order valence-electron chi connectivity index (χ4n) is 2.61. The minimum atomic E-state index is -0.421. The molecule has 1 N–H and O–H groups in total. The van der Waals surface area contributed by atoms with Gasteiger partial charge in [-0.3, -0.25) is 0 Å². The smallest absolute Gasteiger partial charge is 0.210 e. The molecule has 0 heterocycles. The van der Waals surface area contributed by atoms with Crippen LogP contribution in [0.25, 0.3) is 0 Å². The van der Waals surface area contributed by atoms with Gasteiger partial charge in [0.2, 0.25) is 7.28 Å². The van der Waals surface area contributed by atoms with Gasteiger partial charge < -0.3 is 9.90 Å². The first kappa shape index (κ1) is 23.9. The molecule has 0 spiro atoms. The van der Waals surface area contributed by atoms with Gasteiger partial charge >= 0.3 is 0 Å². The van der Waals surface area contributed by atoms with Crippen molar-refractivity contribution in [2.75, 3.05) is 0 Å². The van der Waals surface area contributed by atoms with Crippen molar-refractivity contribution in [1.29, 1.82) is 0 Å². The molecule has 3 atom stereocenters. The third-order valence-corrected chi connectivity index (χ3v) is 4.98. The van der Waals surface area contributed by atoms with E-state index in [0.717, 1.165) is 23.0 Å². The SMILES string of the molecule is CCC(C)C(C)C.CCC(O)c1cccc(C([B]C(C)=O)C(C)C)c1. The number of hydrogen-bond donors (Lipinski definition) is 1. The van der Waals surface area contributed by atoms with E-state index < -0.39 is 6.10 Å². The second-order valence-electron chi connectivity index (χ2n) is 7.77. The summed E-state index contributed by atoms with van der Waals surface area (Å²) >= 11 is 0. The monoisotopic (exact) mass is 345 g/mol. The number of hydrogen-bond acceptors (Lipinski definition) is 2. The van der Waals surface area contributed by atoms with Gasteiger partial charge in [0.05, 0.1) is 11.8 Å². The Balaban J connectivity index is 0.000000697. The molecule has 0 bridgehead atoms. The number of rotatable bonds is 8. The molecule has 0 saturated carbocycles. The molecule has 0 saturated heterocycles. The Hall–Kier alpha value is -1.09. The molecule has 0 aliphatic heterocycles. The van der Waals surface area contributed by atoms with E-state index in [1.54, 1.807) is 14.2 Å². The Labute approximate surface area is 156 Å². The normalized spacial score (nSPS) is 14.5. The lowest BCUT2D eigenvalue weighted by molar-refractivity contribution is -0.110. The van der Waals surface area contributed by atoms with E-state index in [1.807, 2.05) is 31.2 Å². The van der Waals surface area contributed by atoms with Crippen LogP contribution in [0, 0.1) is 17.8 Å². The summed E-state index contributed by atoms with van der Waals surface area (Å²) in [4.78, 5) is 11.3. The molecule has 3 heteroatoms. The van der Waals surface area contributed by atoms with Crippen LogP contribution in [-0.4, -0.2) is 18.1 Å². The summed E-state index contributed by atoms with van der Waals surface area (Å²) in [6, 6.07) is 7.92. The summed E-state index contributed by atoms with van der Waals surface area (Å²) in [7, 11) is 1.77. The maximum absolute atomic E-state index is 11.3. The van der Waals surface area contributed by atoms with Crippen LogP contribution >= 0.6 is 0 Å². The second-order valence-corrected chi connectivity index (χ2v) is 7.77. The molecule has 0 aromatic heterocycles. The van der Waals surface area contributed by atoms with Crippen molar-refractivity contribution in [1.82, 2.24) is 0 Å². The Morgan fingerprint density at radius 3 is 1.92 bits per heavy atom. The van der Waals surface area contributed by atoms with E-state index in [2.05, 4.69) is 41.5 Å². The molecular formula is C22H38BO2. The molecule has 1 aromatic rings. The molecule has 0 fully saturated rings. The van der Waals surface area contributed by atoms with Crippen LogP contribution in [0.5, 0.6) is 0 Å². The van der Waals surface area contributed by atoms with Crippen molar-refractivity contribution >= 4 is 13.0 Å². The van der Waals surface area contributed by atoms with Crippen LogP contribution in [-0.2, 0) is 4.79 Å². The molecule has 3 unspecified atom stereocenters. The van der Waals surface area contributed by atoms with Crippen LogP contribution in [0.3, 0.4) is 0 Å². The van der Waals surface area contributed by atoms with E-state index in [0.29, 0.717) is 12.3 Å². The van der Waals surface area contributed by atoms with Crippen molar-refractivity contribution in [3.05, 3.63) is 35.4 Å². The van der Waals surface area contributed by atoms with Gasteiger partial charge in [0, 0.05) is 0 Å². The summed E-state index contributed by atoms with van der Waals surface area (Å²) in [5, 5.41) is 9.88. The first-order valence-corrected chi connectivity index (χ1v) is 9.77. The number of benzene rings is 1. The lowest BCUT2D eigenvalue weighted by Gasteiger charge is -2.21. The Morgan fingerprint density at radius 1 is 1.00 bits per heavy atom. The van der Waals surface area contributed by atoms with Gasteiger partial charge in [-0.15, -0.1) is 0 Å². The zero-order valence-electron chi connectivity index (χ0n) is 17.5. The van der Waals surface area contributed by atoms with Crippen molar-refractivity contribution in [3.8, 4) is 0 Å². The summed E-state index contributed by atoms with van der Waals surface area (Å²) in [5.74, 6) is 2.25. The summed E-state index contributed by atoms with van der Waals surface area (Å²) in [5.41, 5.74) is 2.12. The van der Waals surface area contributed by atoms with Crippen LogP contribution in [0.2, 0.25) is 0 Å².